The van der Waals surface area contributed by atoms with E-state index in [-0.39, 0.29) is 36.8 Å². The molecule has 0 spiro atoms. The second kappa shape index (κ2) is 16.7. The molecule has 5 atom stereocenters. The SMILES string of the molecule is COc1ccc(CC(Cc2ccc(OC)cc2)N2C(=O)C(C(C)OC(=O)OCc3ccccc3)C2C(C)COC2CCCCO2)cc1. The summed E-state index contributed by atoms with van der Waals surface area (Å²) in [6.07, 6.45) is 2.50. The second-order valence-corrected chi connectivity index (χ2v) is 12.5. The predicted octanol–water partition coefficient (Wildman–Crippen LogP) is 6.61. The van der Waals surface area contributed by atoms with Crippen LogP contribution in [0.5, 0.6) is 11.5 Å². The molecule has 2 fully saturated rings. The number of β-lactam (4-membered cyclic amide) rings is 1. The van der Waals surface area contributed by atoms with Crippen molar-refractivity contribution in [2.75, 3.05) is 27.4 Å². The number of carbonyl (C=O) groups excluding carboxylic acids is 2. The number of carbonyl (C=O) groups is 2. The van der Waals surface area contributed by atoms with Crippen LogP contribution in [0.2, 0.25) is 0 Å². The minimum absolute atomic E-state index is 0.0499. The van der Waals surface area contributed by atoms with E-state index in [1.165, 1.54) is 0 Å². The van der Waals surface area contributed by atoms with Gasteiger partial charge in [-0.2, -0.15) is 0 Å². The molecule has 2 heterocycles. The number of methoxy groups -OCH3 is 2. The highest BCUT2D eigenvalue weighted by Crippen LogP contribution is 2.40. The first-order valence-electron chi connectivity index (χ1n) is 16.5. The lowest BCUT2D eigenvalue weighted by Crippen LogP contribution is -2.70. The Bertz CT molecular complexity index is 1360. The van der Waals surface area contributed by atoms with Crippen LogP contribution in [-0.2, 0) is 43.2 Å². The maximum absolute atomic E-state index is 14.2. The van der Waals surface area contributed by atoms with E-state index in [1.807, 2.05) is 83.8 Å². The van der Waals surface area contributed by atoms with Crippen LogP contribution in [0.15, 0.2) is 78.9 Å². The first-order chi connectivity index (χ1) is 22.9. The van der Waals surface area contributed by atoms with Gasteiger partial charge in [0.1, 0.15) is 24.2 Å². The Morgan fingerprint density at radius 3 is 2.02 bits per heavy atom. The van der Waals surface area contributed by atoms with Crippen molar-refractivity contribution in [3.8, 4) is 11.5 Å². The van der Waals surface area contributed by atoms with Gasteiger partial charge in [0.15, 0.2) is 6.29 Å². The second-order valence-electron chi connectivity index (χ2n) is 12.5. The van der Waals surface area contributed by atoms with Crippen molar-refractivity contribution in [3.05, 3.63) is 95.6 Å². The summed E-state index contributed by atoms with van der Waals surface area (Å²) >= 11 is 0. The fraction of sp³-hybridized carbons (Fsp3) is 0.474. The van der Waals surface area contributed by atoms with Crippen LogP contribution < -0.4 is 9.47 Å². The van der Waals surface area contributed by atoms with Gasteiger partial charge in [-0.3, -0.25) is 4.79 Å². The lowest BCUT2D eigenvalue weighted by molar-refractivity contribution is -0.191. The quantitative estimate of drug-likeness (QED) is 0.135. The monoisotopic (exact) mass is 645 g/mol. The van der Waals surface area contributed by atoms with E-state index in [0.717, 1.165) is 47.5 Å². The molecule has 5 unspecified atom stereocenters. The highest BCUT2D eigenvalue weighted by Gasteiger charge is 2.55. The average molecular weight is 646 g/mol. The van der Waals surface area contributed by atoms with E-state index >= 15 is 0 Å². The maximum Gasteiger partial charge on any atom is 0.508 e. The van der Waals surface area contributed by atoms with Crippen molar-refractivity contribution in [2.24, 2.45) is 11.8 Å². The van der Waals surface area contributed by atoms with Gasteiger partial charge in [0, 0.05) is 18.6 Å². The number of amides is 1. The third-order valence-corrected chi connectivity index (χ3v) is 9.14. The molecule has 252 valence electrons. The Labute approximate surface area is 278 Å². The molecule has 0 aliphatic carbocycles. The summed E-state index contributed by atoms with van der Waals surface area (Å²) in [5.41, 5.74) is 3.04. The fourth-order valence-corrected chi connectivity index (χ4v) is 6.60. The molecule has 9 heteroatoms. The summed E-state index contributed by atoms with van der Waals surface area (Å²) in [5, 5.41) is 0. The van der Waals surface area contributed by atoms with Crippen LogP contribution >= 0.6 is 0 Å². The number of hydrogen-bond acceptors (Lipinski definition) is 8. The maximum atomic E-state index is 14.2. The summed E-state index contributed by atoms with van der Waals surface area (Å²) in [7, 11) is 3.29. The highest BCUT2D eigenvalue weighted by molar-refractivity contribution is 5.87. The molecule has 2 saturated heterocycles. The third kappa shape index (κ3) is 9.05. The van der Waals surface area contributed by atoms with Gasteiger partial charge in [0.2, 0.25) is 5.91 Å². The van der Waals surface area contributed by atoms with E-state index < -0.39 is 18.2 Å². The third-order valence-electron chi connectivity index (χ3n) is 9.14. The predicted molar refractivity (Wildman–Crippen MR) is 177 cm³/mol. The Hall–Kier alpha value is -4.08. The summed E-state index contributed by atoms with van der Waals surface area (Å²) in [5.74, 6) is 0.910. The molecule has 3 aromatic carbocycles. The molecule has 0 aromatic heterocycles. The molecule has 0 saturated carbocycles. The van der Waals surface area contributed by atoms with Crippen molar-refractivity contribution in [3.63, 3.8) is 0 Å². The van der Waals surface area contributed by atoms with Crippen molar-refractivity contribution in [1.82, 2.24) is 4.90 Å². The zero-order chi connectivity index (χ0) is 33.2. The molecule has 2 aliphatic rings. The molecule has 0 bridgehead atoms. The lowest BCUT2D eigenvalue weighted by atomic mass is 9.74. The fourth-order valence-electron chi connectivity index (χ4n) is 6.60. The number of benzene rings is 3. The van der Waals surface area contributed by atoms with Crippen LogP contribution in [0.4, 0.5) is 4.79 Å². The number of rotatable bonds is 15. The van der Waals surface area contributed by atoms with Crippen molar-refractivity contribution >= 4 is 12.1 Å². The van der Waals surface area contributed by atoms with Crippen LogP contribution in [0.1, 0.15) is 49.8 Å². The molecule has 47 heavy (non-hydrogen) atoms. The van der Waals surface area contributed by atoms with Crippen LogP contribution in [-0.4, -0.2) is 68.9 Å². The van der Waals surface area contributed by atoms with Gasteiger partial charge >= 0.3 is 6.16 Å². The summed E-state index contributed by atoms with van der Waals surface area (Å²) in [4.78, 5) is 28.9. The molecule has 9 nitrogen and oxygen atoms in total. The Balaban J connectivity index is 1.36. The average Bonchev–Trinajstić information content (AvgIpc) is 3.10. The van der Waals surface area contributed by atoms with Crippen LogP contribution in [0, 0.1) is 11.8 Å². The number of hydrogen-bond donors (Lipinski definition) is 0. The van der Waals surface area contributed by atoms with Crippen molar-refractivity contribution in [2.45, 2.75) is 77.0 Å². The zero-order valence-electron chi connectivity index (χ0n) is 27.8. The minimum atomic E-state index is -0.793. The summed E-state index contributed by atoms with van der Waals surface area (Å²) < 4.78 is 33.9. The Morgan fingerprint density at radius 2 is 1.47 bits per heavy atom. The van der Waals surface area contributed by atoms with Gasteiger partial charge in [0.05, 0.1) is 32.8 Å². The van der Waals surface area contributed by atoms with Gasteiger partial charge in [-0.25, -0.2) is 4.79 Å². The van der Waals surface area contributed by atoms with Gasteiger partial charge in [0.25, 0.3) is 0 Å². The number of ether oxygens (including phenoxy) is 6. The van der Waals surface area contributed by atoms with Gasteiger partial charge in [-0.1, -0.05) is 61.5 Å². The molecule has 0 N–H and O–H groups in total. The molecule has 2 aliphatic heterocycles. The first kappa shape index (κ1) is 34.3. The minimum Gasteiger partial charge on any atom is -0.497 e. The van der Waals surface area contributed by atoms with Crippen molar-refractivity contribution < 1.29 is 38.0 Å². The highest BCUT2D eigenvalue weighted by atomic mass is 16.7. The van der Waals surface area contributed by atoms with Crippen LogP contribution in [0.25, 0.3) is 0 Å². The smallest absolute Gasteiger partial charge is 0.497 e. The van der Waals surface area contributed by atoms with E-state index in [1.54, 1.807) is 21.1 Å². The molecule has 1 amide bonds. The lowest BCUT2D eigenvalue weighted by Gasteiger charge is -2.55. The Kier molecular flexibility index (Phi) is 12.1. The summed E-state index contributed by atoms with van der Waals surface area (Å²) in [6.45, 7) is 5.07. The standard InChI is InChI=1S/C38H47NO8/c1-26(24-45-34-12-8-9-21-44-34)36-35(27(2)47-38(41)46-25-30-10-6-5-7-11-30)37(40)39(36)31(22-28-13-17-32(42-3)18-14-28)23-29-15-19-33(43-4)20-16-29/h5-7,10-11,13-20,26-27,31,34-36H,8-9,12,21-25H2,1-4H3. The summed E-state index contributed by atoms with van der Waals surface area (Å²) in [6, 6.07) is 25.0. The van der Waals surface area contributed by atoms with Crippen molar-refractivity contribution in [1.29, 1.82) is 0 Å². The van der Waals surface area contributed by atoms with E-state index in [9.17, 15) is 9.59 Å². The molecule has 5 rings (SSSR count). The van der Waals surface area contributed by atoms with Crippen LogP contribution in [0.3, 0.4) is 0 Å². The molecule has 0 radical (unpaired) electrons. The molecule has 3 aromatic rings. The van der Waals surface area contributed by atoms with E-state index in [2.05, 4.69) is 6.92 Å². The molecular formula is C38H47NO8. The number of likely N-dealkylation sites (tertiary alicyclic amines) is 1. The normalized spacial score (nSPS) is 20.7. The van der Waals surface area contributed by atoms with E-state index in [4.69, 9.17) is 28.4 Å². The Morgan fingerprint density at radius 1 is 0.851 bits per heavy atom. The molecular weight excluding hydrogens is 598 g/mol. The van der Waals surface area contributed by atoms with Gasteiger partial charge in [-0.15, -0.1) is 0 Å². The largest absolute Gasteiger partial charge is 0.508 e. The number of nitrogens with zero attached hydrogens (tertiary/aromatic N) is 1. The zero-order valence-corrected chi connectivity index (χ0v) is 27.8. The van der Waals surface area contributed by atoms with E-state index in [0.29, 0.717) is 26.1 Å². The first-order valence-corrected chi connectivity index (χ1v) is 16.5. The van der Waals surface area contributed by atoms with Gasteiger partial charge < -0.3 is 33.3 Å². The topological polar surface area (TPSA) is 92.8 Å². The van der Waals surface area contributed by atoms with Gasteiger partial charge in [-0.05, 0) is 80.0 Å².